The van der Waals surface area contributed by atoms with E-state index in [0.29, 0.717) is 16.3 Å². The molecule has 0 saturated carbocycles. The van der Waals surface area contributed by atoms with E-state index in [0.717, 1.165) is 12.0 Å². The van der Waals surface area contributed by atoms with Crippen LogP contribution in [0.2, 0.25) is 5.02 Å². The lowest BCUT2D eigenvalue weighted by Crippen LogP contribution is -2.23. The Hall–Kier alpha value is -1.85. The van der Waals surface area contributed by atoms with Crippen LogP contribution in [0.4, 0.5) is 5.69 Å². The molecule has 0 fully saturated rings. The lowest BCUT2D eigenvalue weighted by atomic mass is 10.1. The maximum absolute atomic E-state index is 12.1. The van der Waals surface area contributed by atoms with Crippen molar-refractivity contribution >= 4 is 33.0 Å². The topological polar surface area (TPSA) is 63.2 Å². The Morgan fingerprint density at radius 3 is 2.13 bits per heavy atom. The highest BCUT2D eigenvalue weighted by Crippen LogP contribution is 2.13. The zero-order valence-electron chi connectivity index (χ0n) is 12.8. The van der Waals surface area contributed by atoms with Gasteiger partial charge in [-0.05, 0) is 41.8 Å². The van der Waals surface area contributed by atoms with E-state index in [1.54, 1.807) is 36.4 Å². The smallest absolute Gasteiger partial charge is 0.239 e. The first kappa shape index (κ1) is 17.5. The first-order chi connectivity index (χ1) is 10.9. The third-order valence-corrected chi connectivity index (χ3v) is 5.02. The molecule has 0 saturated heterocycles. The predicted molar refractivity (Wildman–Crippen MR) is 93.4 cm³/mol. The zero-order chi connectivity index (χ0) is 16.9. The minimum atomic E-state index is -3.53. The molecule has 2 aromatic carbocycles. The molecule has 0 radical (unpaired) electrons. The molecule has 2 rings (SSSR count). The molecule has 0 aliphatic rings. The summed E-state index contributed by atoms with van der Waals surface area (Å²) in [5.74, 6) is -1.28. The summed E-state index contributed by atoms with van der Waals surface area (Å²) in [4.78, 5) is 11.9. The van der Waals surface area contributed by atoms with Crippen LogP contribution in [0.3, 0.4) is 0 Å². The Labute approximate surface area is 141 Å². The molecule has 6 heteroatoms. The number of nitrogens with one attached hydrogen (secondary N) is 1. The van der Waals surface area contributed by atoms with Gasteiger partial charge in [0.2, 0.25) is 5.91 Å². The fourth-order valence-electron chi connectivity index (χ4n) is 2.11. The zero-order valence-corrected chi connectivity index (χ0v) is 14.3. The third kappa shape index (κ3) is 5.69. The van der Waals surface area contributed by atoms with E-state index in [4.69, 9.17) is 11.6 Å². The SMILES string of the molecule is CCc1ccc(NC(=O)CS(=O)(=O)Cc2ccc(Cl)cc2)cc1. The van der Waals surface area contributed by atoms with Crippen LogP contribution >= 0.6 is 11.6 Å². The van der Waals surface area contributed by atoms with E-state index in [2.05, 4.69) is 5.32 Å². The van der Waals surface area contributed by atoms with Crippen molar-refractivity contribution in [2.75, 3.05) is 11.1 Å². The third-order valence-electron chi connectivity index (χ3n) is 3.30. The lowest BCUT2D eigenvalue weighted by molar-refractivity contribution is -0.113. The van der Waals surface area contributed by atoms with E-state index in [9.17, 15) is 13.2 Å². The van der Waals surface area contributed by atoms with Crippen LogP contribution in [-0.4, -0.2) is 20.1 Å². The molecule has 0 heterocycles. The Balaban J connectivity index is 1.96. The Morgan fingerprint density at radius 2 is 1.57 bits per heavy atom. The van der Waals surface area contributed by atoms with Crippen molar-refractivity contribution in [1.82, 2.24) is 0 Å². The highest BCUT2D eigenvalue weighted by molar-refractivity contribution is 7.91. The van der Waals surface area contributed by atoms with E-state index in [1.807, 2.05) is 19.1 Å². The van der Waals surface area contributed by atoms with Gasteiger partial charge in [-0.25, -0.2) is 8.42 Å². The van der Waals surface area contributed by atoms with Gasteiger partial charge in [0.25, 0.3) is 0 Å². The van der Waals surface area contributed by atoms with Crippen molar-refractivity contribution in [3.8, 4) is 0 Å². The highest BCUT2D eigenvalue weighted by atomic mass is 35.5. The number of hydrogen-bond acceptors (Lipinski definition) is 3. The fourth-order valence-corrected chi connectivity index (χ4v) is 3.51. The summed E-state index contributed by atoms with van der Waals surface area (Å²) in [6.45, 7) is 2.04. The molecule has 1 amide bonds. The quantitative estimate of drug-likeness (QED) is 0.866. The van der Waals surface area contributed by atoms with E-state index < -0.39 is 21.5 Å². The van der Waals surface area contributed by atoms with Crippen molar-refractivity contribution < 1.29 is 13.2 Å². The van der Waals surface area contributed by atoms with Crippen LogP contribution in [0, 0.1) is 0 Å². The standard InChI is InChI=1S/C17H18ClNO3S/c1-2-13-5-9-16(10-6-13)19-17(20)12-23(21,22)11-14-3-7-15(18)8-4-14/h3-10H,2,11-12H2,1H3,(H,19,20). The maximum Gasteiger partial charge on any atom is 0.239 e. The number of aryl methyl sites for hydroxylation is 1. The lowest BCUT2D eigenvalue weighted by Gasteiger charge is -2.07. The summed E-state index contributed by atoms with van der Waals surface area (Å²) in [6, 6.07) is 13.9. The fraction of sp³-hybridized carbons (Fsp3) is 0.235. The predicted octanol–water partition coefficient (Wildman–Crippen LogP) is 3.46. The van der Waals surface area contributed by atoms with Gasteiger partial charge in [-0.3, -0.25) is 4.79 Å². The second-order valence-electron chi connectivity index (χ2n) is 5.26. The Morgan fingerprint density at radius 1 is 1.00 bits per heavy atom. The summed E-state index contributed by atoms with van der Waals surface area (Å²) in [5, 5.41) is 3.15. The monoisotopic (exact) mass is 351 g/mol. The molecule has 0 bridgehead atoms. The second kappa shape index (κ2) is 7.62. The number of rotatable bonds is 6. The first-order valence-electron chi connectivity index (χ1n) is 7.21. The molecule has 0 unspecified atom stereocenters. The molecule has 122 valence electrons. The summed E-state index contributed by atoms with van der Waals surface area (Å²) >= 11 is 5.77. The number of anilines is 1. The largest absolute Gasteiger partial charge is 0.325 e. The number of benzene rings is 2. The van der Waals surface area contributed by atoms with Gasteiger partial charge < -0.3 is 5.32 Å². The van der Waals surface area contributed by atoms with Gasteiger partial charge in [0, 0.05) is 10.7 Å². The molecule has 23 heavy (non-hydrogen) atoms. The Kier molecular flexibility index (Phi) is 5.80. The molecule has 0 atom stereocenters. The van der Waals surface area contributed by atoms with Crippen molar-refractivity contribution in [2.45, 2.75) is 19.1 Å². The molecular weight excluding hydrogens is 334 g/mol. The average Bonchev–Trinajstić information content (AvgIpc) is 2.49. The average molecular weight is 352 g/mol. The van der Waals surface area contributed by atoms with Crippen molar-refractivity contribution in [3.63, 3.8) is 0 Å². The van der Waals surface area contributed by atoms with Crippen LogP contribution in [0.15, 0.2) is 48.5 Å². The van der Waals surface area contributed by atoms with E-state index >= 15 is 0 Å². The molecule has 2 aromatic rings. The molecule has 0 aliphatic heterocycles. The first-order valence-corrected chi connectivity index (χ1v) is 9.41. The van der Waals surface area contributed by atoms with Gasteiger partial charge >= 0.3 is 0 Å². The van der Waals surface area contributed by atoms with Crippen LogP contribution in [-0.2, 0) is 26.8 Å². The molecule has 0 spiro atoms. The minimum absolute atomic E-state index is 0.188. The number of carbonyl (C=O) groups is 1. The highest BCUT2D eigenvalue weighted by Gasteiger charge is 2.17. The summed E-state index contributed by atoms with van der Waals surface area (Å²) in [5.41, 5.74) is 2.35. The van der Waals surface area contributed by atoms with E-state index in [1.165, 1.54) is 0 Å². The van der Waals surface area contributed by atoms with Gasteiger partial charge in [0.1, 0.15) is 5.75 Å². The molecule has 1 N–H and O–H groups in total. The van der Waals surface area contributed by atoms with Gasteiger partial charge in [-0.1, -0.05) is 42.8 Å². The molecular formula is C17H18ClNO3S. The number of amides is 1. The minimum Gasteiger partial charge on any atom is -0.325 e. The maximum atomic E-state index is 12.1. The van der Waals surface area contributed by atoms with Gasteiger partial charge in [-0.15, -0.1) is 0 Å². The van der Waals surface area contributed by atoms with Crippen molar-refractivity contribution in [1.29, 1.82) is 0 Å². The van der Waals surface area contributed by atoms with Gasteiger partial charge in [0.15, 0.2) is 9.84 Å². The van der Waals surface area contributed by atoms with Crippen LogP contribution in [0.5, 0.6) is 0 Å². The normalized spacial score (nSPS) is 11.2. The number of hydrogen-bond donors (Lipinski definition) is 1. The second-order valence-corrected chi connectivity index (χ2v) is 7.76. The van der Waals surface area contributed by atoms with E-state index in [-0.39, 0.29) is 5.75 Å². The number of carbonyl (C=O) groups excluding carboxylic acids is 1. The summed E-state index contributed by atoms with van der Waals surface area (Å²) < 4.78 is 24.2. The van der Waals surface area contributed by atoms with Crippen molar-refractivity contribution in [3.05, 3.63) is 64.7 Å². The Bertz CT molecular complexity index is 768. The summed E-state index contributed by atoms with van der Waals surface area (Å²) in [7, 11) is -3.53. The molecule has 4 nitrogen and oxygen atoms in total. The molecule has 0 aliphatic carbocycles. The van der Waals surface area contributed by atoms with Gasteiger partial charge in [0.05, 0.1) is 5.75 Å². The van der Waals surface area contributed by atoms with Crippen molar-refractivity contribution in [2.24, 2.45) is 0 Å². The van der Waals surface area contributed by atoms with Crippen LogP contribution < -0.4 is 5.32 Å². The van der Waals surface area contributed by atoms with Crippen LogP contribution in [0.25, 0.3) is 0 Å². The number of halogens is 1. The number of sulfone groups is 1. The molecule has 0 aromatic heterocycles. The summed E-state index contributed by atoms with van der Waals surface area (Å²) in [6.07, 6.45) is 0.906. The van der Waals surface area contributed by atoms with Crippen LogP contribution in [0.1, 0.15) is 18.1 Å². The van der Waals surface area contributed by atoms with Gasteiger partial charge in [-0.2, -0.15) is 0 Å².